The summed E-state index contributed by atoms with van der Waals surface area (Å²) in [5.41, 5.74) is 3.50. The number of fused-ring (bicyclic) bond motifs is 1. The molecule has 102 valence electrons. The van der Waals surface area contributed by atoms with Crippen LogP contribution >= 0.6 is 11.6 Å². The maximum Gasteiger partial charge on any atom is 0.242 e. The van der Waals surface area contributed by atoms with Crippen molar-refractivity contribution < 1.29 is 4.79 Å². The van der Waals surface area contributed by atoms with Gasteiger partial charge in [-0.2, -0.15) is 0 Å². The molecule has 20 heavy (non-hydrogen) atoms. The van der Waals surface area contributed by atoms with Gasteiger partial charge in [0.25, 0.3) is 0 Å². The van der Waals surface area contributed by atoms with Crippen molar-refractivity contribution in [3.05, 3.63) is 65.7 Å². The average Bonchev–Trinajstić information content (AvgIpc) is 2.92. The van der Waals surface area contributed by atoms with Crippen LogP contribution in [0.15, 0.2) is 54.6 Å². The number of anilines is 1. The topological polar surface area (TPSA) is 20.3 Å². The number of amides is 1. The molecule has 2 aromatic rings. The summed E-state index contributed by atoms with van der Waals surface area (Å²) in [6.07, 6.45) is 1.97. The van der Waals surface area contributed by atoms with Gasteiger partial charge in [-0.15, -0.1) is 11.6 Å². The van der Waals surface area contributed by atoms with Crippen LogP contribution in [0.4, 0.5) is 5.69 Å². The molecule has 0 spiro atoms. The molecule has 1 aliphatic carbocycles. The quantitative estimate of drug-likeness (QED) is 0.782. The molecule has 0 aliphatic heterocycles. The van der Waals surface area contributed by atoms with Crippen molar-refractivity contribution in [1.29, 1.82) is 0 Å². The summed E-state index contributed by atoms with van der Waals surface area (Å²) in [6, 6.07) is 18.2. The zero-order chi connectivity index (χ0) is 13.9. The van der Waals surface area contributed by atoms with Crippen molar-refractivity contribution >= 4 is 23.2 Å². The van der Waals surface area contributed by atoms with Crippen molar-refractivity contribution in [1.82, 2.24) is 0 Å². The summed E-state index contributed by atoms with van der Waals surface area (Å²) in [5, 5.41) is 0. The molecule has 0 saturated heterocycles. The minimum Gasteiger partial charge on any atom is -0.304 e. The third-order valence-electron chi connectivity index (χ3n) is 3.83. The lowest BCUT2D eigenvalue weighted by Gasteiger charge is -2.29. The van der Waals surface area contributed by atoms with E-state index < -0.39 is 0 Å². The van der Waals surface area contributed by atoms with E-state index in [4.69, 9.17) is 11.6 Å². The van der Waals surface area contributed by atoms with E-state index in [9.17, 15) is 4.79 Å². The molecule has 1 aliphatic rings. The van der Waals surface area contributed by atoms with E-state index in [1.165, 1.54) is 11.1 Å². The van der Waals surface area contributed by atoms with Crippen LogP contribution in [-0.2, 0) is 11.2 Å². The Kier molecular flexibility index (Phi) is 3.75. The fraction of sp³-hybridized carbons (Fsp3) is 0.235. The molecule has 1 amide bonds. The van der Waals surface area contributed by atoms with Crippen molar-refractivity contribution in [3.8, 4) is 0 Å². The van der Waals surface area contributed by atoms with Crippen LogP contribution in [0, 0.1) is 0 Å². The molecule has 2 nitrogen and oxygen atoms in total. The number of carbonyl (C=O) groups is 1. The largest absolute Gasteiger partial charge is 0.304 e. The Hall–Kier alpha value is -1.80. The van der Waals surface area contributed by atoms with Gasteiger partial charge in [0.2, 0.25) is 5.91 Å². The molecule has 1 atom stereocenters. The Morgan fingerprint density at radius 2 is 1.80 bits per heavy atom. The molecule has 0 fully saturated rings. The summed E-state index contributed by atoms with van der Waals surface area (Å²) in [6.45, 7) is 0. The summed E-state index contributed by atoms with van der Waals surface area (Å²) in [7, 11) is 0. The first-order chi connectivity index (χ1) is 9.81. The summed E-state index contributed by atoms with van der Waals surface area (Å²) >= 11 is 5.81. The first-order valence-corrected chi connectivity index (χ1v) is 7.35. The number of hydrogen-bond donors (Lipinski definition) is 0. The second kappa shape index (κ2) is 5.68. The average molecular weight is 286 g/mol. The maximum absolute atomic E-state index is 12.3. The number of aryl methyl sites for hydroxylation is 1. The highest BCUT2D eigenvalue weighted by molar-refractivity contribution is 6.29. The van der Waals surface area contributed by atoms with E-state index in [2.05, 4.69) is 18.2 Å². The fourth-order valence-electron chi connectivity index (χ4n) is 2.95. The molecule has 0 radical (unpaired) electrons. The SMILES string of the molecule is O=C(CCl)N(c1ccccc1)[C@@H]1CCc2ccccc21. The van der Waals surface area contributed by atoms with Crippen LogP contribution in [0.3, 0.4) is 0 Å². The monoisotopic (exact) mass is 285 g/mol. The molecule has 0 unspecified atom stereocenters. The van der Waals surface area contributed by atoms with E-state index in [0.29, 0.717) is 0 Å². The van der Waals surface area contributed by atoms with Crippen molar-refractivity contribution in [3.63, 3.8) is 0 Å². The van der Waals surface area contributed by atoms with Gasteiger partial charge in [-0.1, -0.05) is 42.5 Å². The number of para-hydroxylation sites is 1. The molecule has 0 N–H and O–H groups in total. The zero-order valence-corrected chi connectivity index (χ0v) is 11.9. The van der Waals surface area contributed by atoms with Gasteiger partial charge >= 0.3 is 0 Å². The number of alkyl halides is 1. The Bertz CT molecular complexity index is 611. The van der Waals surface area contributed by atoms with Gasteiger partial charge < -0.3 is 4.90 Å². The second-order valence-corrected chi connectivity index (χ2v) is 5.25. The summed E-state index contributed by atoms with van der Waals surface area (Å²) < 4.78 is 0. The molecule has 0 heterocycles. The zero-order valence-electron chi connectivity index (χ0n) is 11.1. The highest BCUT2D eigenvalue weighted by atomic mass is 35.5. The van der Waals surface area contributed by atoms with E-state index >= 15 is 0 Å². The minimum absolute atomic E-state index is 0.00750. The lowest BCUT2D eigenvalue weighted by atomic mass is 10.1. The van der Waals surface area contributed by atoms with Gasteiger partial charge in [0.15, 0.2) is 0 Å². The summed E-state index contributed by atoms with van der Waals surface area (Å²) in [4.78, 5) is 14.1. The first kappa shape index (κ1) is 13.2. The standard InChI is InChI=1S/C17H16ClNO/c18-12-17(20)19(14-7-2-1-3-8-14)16-11-10-13-6-4-5-9-15(13)16/h1-9,16H,10-12H2/t16-/m1/s1. The number of nitrogens with zero attached hydrogens (tertiary/aromatic N) is 1. The van der Waals surface area contributed by atoms with Crippen molar-refractivity contribution in [2.75, 3.05) is 10.8 Å². The minimum atomic E-state index is -0.0421. The Balaban J connectivity index is 2.02. The van der Waals surface area contributed by atoms with Crippen LogP contribution in [0.1, 0.15) is 23.6 Å². The van der Waals surface area contributed by atoms with Crippen molar-refractivity contribution in [2.45, 2.75) is 18.9 Å². The van der Waals surface area contributed by atoms with Crippen LogP contribution in [0.25, 0.3) is 0 Å². The van der Waals surface area contributed by atoms with Gasteiger partial charge in [-0.05, 0) is 36.1 Å². The van der Waals surface area contributed by atoms with E-state index in [0.717, 1.165) is 18.5 Å². The first-order valence-electron chi connectivity index (χ1n) is 6.82. The number of rotatable bonds is 3. The van der Waals surface area contributed by atoms with Crippen LogP contribution in [0.5, 0.6) is 0 Å². The van der Waals surface area contributed by atoms with E-state index in [1.54, 1.807) is 0 Å². The highest BCUT2D eigenvalue weighted by Crippen LogP contribution is 2.38. The predicted octanol–water partition coefficient (Wildman–Crippen LogP) is 3.95. The molecule has 3 rings (SSSR count). The molecular formula is C17H16ClNO. The van der Waals surface area contributed by atoms with Gasteiger partial charge in [0.1, 0.15) is 5.88 Å². The number of carbonyl (C=O) groups excluding carboxylic acids is 1. The van der Waals surface area contributed by atoms with Gasteiger partial charge in [0, 0.05) is 5.69 Å². The smallest absolute Gasteiger partial charge is 0.242 e. The second-order valence-electron chi connectivity index (χ2n) is 4.99. The number of hydrogen-bond acceptors (Lipinski definition) is 1. The van der Waals surface area contributed by atoms with E-state index in [1.807, 2.05) is 41.3 Å². The van der Waals surface area contributed by atoms with Crippen molar-refractivity contribution in [2.24, 2.45) is 0 Å². The molecule has 0 saturated carbocycles. The Morgan fingerprint density at radius 1 is 1.10 bits per heavy atom. The predicted molar refractivity (Wildman–Crippen MR) is 82.2 cm³/mol. The number of halogens is 1. The lowest BCUT2D eigenvalue weighted by molar-refractivity contribution is -0.116. The highest BCUT2D eigenvalue weighted by Gasteiger charge is 2.31. The van der Waals surface area contributed by atoms with Gasteiger partial charge in [-0.25, -0.2) is 0 Å². The third kappa shape index (κ3) is 2.32. The molecule has 0 aromatic heterocycles. The van der Waals surface area contributed by atoms with Gasteiger partial charge in [0.05, 0.1) is 6.04 Å². The van der Waals surface area contributed by atoms with Crippen LogP contribution in [0.2, 0.25) is 0 Å². The Labute approximate surface area is 124 Å². The van der Waals surface area contributed by atoms with Gasteiger partial charge in [-0.3, -0.25) is 4.79 Å². The molecule has 0 bridgehead atoms. The lowest BCUT2D eigenvalue weighted by Crippen LogP contribution is -2.34. The third-order valence-corrected chi connectivity index (χ3v) is 4.06. The van der Waals surface area contributed by atoms with Crippen LogP contribution < -0.4 is 4.90 Å². The Morgan fingerprint density at radius 3 is 2.55 bits per heavy atom. The van der Waals surface area contributed by atoms with E-state index in [-0.39, 0.29) is 17.8 Å². The maximum atomic E-state index is 12.3. The van der Waals surface area contributed by atoms with Crippen LogP contribution in [-0.4, -0.2) is 11.8 Å². The normalized spacial score (nSPS) is 16.8. The fourth-order valence-corrected chi connectivity index (χ4v) is 3.08. The molecular weight excluding hydrogens is 270 g/mol. The summed E-state index contributed by atoms with van der Waals surface area (Å²) in [5.74, 6) is -0.0346. The molecule has 2 aromatic carbocycles. The molecule has 3 heteroatoms. The number of benzene rings is 2.